The Kier molecular flexibility index (Phi) is 8.68. The molecular weight excluding hydrogens is 272 g/mol. The van der Waals surface area contributed by atoms with Crippen molar-refractivity contribution in [2.45, 2.75) is 0 Å². The molecule has 0 aromatic heterocycles. The van der Waals surface area contributed by atoms with Gasteiger partial charge in [-0.15, -0.1) is 0 Å². The molecule has 18 heavy (non-hydrogen) atoms. The van der Waals surface area contributed by atoms with Crippen molar-refractivity contribution in [2.75, 3.05) is 0 Å². The van der Waals surface area contributed by atoms with Crippen LogP contribution in [0.15, 0.2) is 30.3 Å². The predicted octanol–water partition coefficient (Wildman–Crippen LogP) is 4.16. The molecule has 0 atom stereocenters. The molecule has 0 aliphatic carbocycles. The first-order chi connectivity index (χ1) is 7.93. The molecule has 1 nitrogen and oxygen atoms in total. The van der Waals surface area contributed by atoms with Crippen molar-refractivity contribution in [1.29, 1.82) is 5.26 Å². The third kappa shape index (κ3) is 36.7. The maximum Gasteiger partial charge on any atom is 0.673 e. The molecule has 1 aromatic carbocycles. The average molecular weight is 277 g/mol. The number of halogens is 8. The van der Waals surface area contributed by atoms with Crippen LogP contribution < -0.4 is 0 Å². The third-order valence-electron chi connectivity index (χ3n) is 0.903. The Morgan fingerprint density at radius 3 is 1.17 bits per heavy atom. The second-order valence-electron chi connectivity index (χ2n) is 2.47. The van der Waals surface area contributed by atoms with Crippen LogP contribution in [0.3, 0.4) is 0 Å². The molecule has 0 fully saturated rings. The van der Waals surface area contributed by atoms with Crippen molar-refractivity contribution < 1.29 is 34.5 Å². The van der Waals surface area contributed by atoms with Gasteiger partial charge in [-0.3, -0.25) is 0 Å². The lowest BCUT2D eigenvalue weighted by molar-refractivity contribution is 0.366. The van der Waals surface area contributed by atoms with Crippen molar-refractivity contribution in [1.82, 2.24) is 0 Å². The lowest BCUT2D eigenvalue weighted by Gasteiger charge is -1.94. The average Bonchev–Trinajstić information content (AvgIpc) is 2.14. The maximum absolute atomic E-state index is 9.75. The number of hydrogen-bond donors (Lipinski definition) is 0. The minimum Gasteiger partial charge on any atom is -0.418 e. The smallest absolute Gasteiger partial charge is 0.418 e. The number of rotatable bonds is 0. The zero-order valence-corrected chi connectivity index (χ0v) is 8.51. The normalized spacial score (nSPS) is 10.2. The Hall–Kier alpha value is -1.72. The van der Waals surface area contributed by atoms with Gasteiger partial charge in [-0.1, -0.05) is 18.2 Å². The van der Waals surface area contributed by atoms with Crippen LogP contribution in [0, 0.1) is 11.3 Å². The van der Waals surface area contributed by atoms with Crippen LogP contribution in [-0.4, -0.2) is 14.5 Å². The highest BCUT2D eigenvalue weighted by Crippen LogP contribution is 2.07. The molecule has 0 heterocycles. The Morgan fingerprint density at radius 1 is 0.722 bits per heavy atom. The number of nitrogens with zero attached hydrogens (tertiary/aromatic N) is 1. The molecule has 0 unspecified atom stereocenters. The van der Waals surface area contributed by atoms with Gasteiger partial charge < -0.3 is 34.5 Å². The Balaban J connectivity index is 0. The van der Waals surface area contributed by atoms with E-state index >= 15 is 0 Å². The van der Waals surface area contributed by atoms with Crippen molar-refractivity contribution in [3.8, 4) is 6.07 Å². The second-order valence-corrected chi connectivity index (χ2v) is 2.47. The standard InChI is InChI=1S/C7H5N.2BF4/c8-6-7-4-2-1-3-5-7;2*2-1(3,4)5/h1-5H;;/q;2*-1. The van der Waals surface area contributed by atoms with Crippen LogP contribution in [0.4, 0.5) is 34.5 Å². The van der Waals surface area contributed by atoms with Gasteiger partial charge in [0.1, 0.15) is 0 Å². The summed E-state index contributed by atoms with van der Waals surface area (Å²) in [6.45, 7) is 0. The number of benzene rings is 1. The van der Waals surface area contributed by atoms with Crippen molar-refractivity contribution in [3.63, 3.8) is 0 Å². The fourth-order valence-electron chi connectivity index (χ4n) is 0.513. The van der Waals surface area contributed by atoms with Crippen molar-refractivity contribution >= 4 is 14.5 Å². The molecule has 0 N–H and O–H groups in total. The SMILES string of the molecule is F[B-](F)(F)F.F[B-](F)(F)F.N#Cc1ccccc1. The molecule has 0 bridgehead atoms. The van der Waals surface area contributed by atoms with E-state index in [0.717, 1.165) is 0 Å². The van der Waals surface area contributed by atoms with Crippen LogP contribution in [-0.2, 0) is 0 Å². The molecule has 0 amide bonds. The van der Waals surface area contributed by atoms with Crippen molar-refractivity contribution in [2.24, 2.45) is 0 Å². The van der Waals surface area contributed by atoms with Gasteiger partial charge in [0.05, 0.1) is 11.6 Å². The van der Waals surface area contributed by atoms with Gasteiger partial charge in [0.25, 0.3) is 0 Å². The van der Waals surface area contributed by atoms with Crippen LogP contribution in [0.25, 0.3) is 0 Å². The molecule has 0 saturated heterocycles. The zero-order chi connectivity index (χ0) is 14.8. The highest BCUT2D eigenvalue weighted by atomic mass is 19.5. The van der Waals surface area contributed by atoms with E-state index in [9.17, 15) is 34.5 Å². The highest BCUT2D eigenvalue weighted by Gasteiger charge is 2.21. The zero-order valence-electron chi connectivity index (χ0n) is 8.51. The molecule has 102 valence electrons. The largest absolute Gasteiger partial charge is 0.673 e. The first-order valence-corrected chi connectivity index (χ1v) is 4.13. The fourth-order valence-corrected chi connectivity index (χ4v) is 0.513. The highest BCUT2D eigenvalue weighted by molar-refractivity contribution is 6.50. The van der Waals surface area contributed by atoms with E-state index in [-0.39, 0.29) is 0 Å². The monoisotopic (exact) mass is 277 g/mol. The summed E-state index contributed by atoms with van der Waals surface area (Å²) in [5.74, 6) is 0. The Morgan fingerprint density at radius 2 is 1.00 bits per heavy atom. The van der Waals surface area contributed by atoms with E-state index in [0.29, 0.717) is 5.56 Å². The molecule has 0 aliphatic rings. The molecule has 1 aromatic rings. The first kappa shape index (κ1) is 18.6. The summed E-state index contributed by atoms with van der Waals surface area (Å²) in [5, 5.41) is 8.29. The van der Waals surface area contributed by atoms with Gasteiger partial charge in [0.15, 0.2) is 0 Å². The molecule has 0 aliphatic heterocycles. The van der Waals surface area contributed by atoms with E-state index in [1.165, 1.54) is 0 Å². The Labute approximate surface area is 97.2 Å². The van der Waals surface area contributed by atoms with E-state index in [1.807, 2.05) is 24.3 Å². The predicted molar refractivity (Wildman–Crippen MR) is 51.5 cm³/mol. The molecule has 11 heteroatoms. The van der Waals surface area contributed by atoms with Crippen LogP contribution >= 0.6 is 0 Å². The summed E-state index contributed by atoms with van der Waals surface area (Å²) in [5.41, 5.74) is 0.715. The lowest BCUT2D eigenvalue weighted by Crippen LogP contribution is -2.02. The number of hydrogen-bond acceptors (Lipinski definition) is 1. The van der Waals surface area contributed by atoms with Crippen molar-refractivity contribution in [3.05, 3.63) is 35.9 Å². The van der Waals surface area contributed by atoms with Gasteiger partial charge in [-0.2, -0.15) is 5.26 Å². The fraction of sp³-hybridized carbons (Fsp3) is 0. The molecule has 0 radical (unpaired) electrons. The molecular formula is C7H5B2F8N-2. The van der Waals surface area contributed by atoms with Crippen LogP contribution in [0.1, 0.15) is 5.56 Å². The van der Waals surface area contributed by atoms with E-state index < -0.39 is 14.5 Å². The molecule has 0 saturated carbocycles. The van der Waals surface area contributed by atoms with Gasteiger partial charge in [-0.05, 0) is 12.1 Å². The number of nitriles is 1. The lowest BCUT2D eigenvalue weighted by atomic mass is 10.2. The van der Waals surface area contributed by atoms with E-state index in [4.69, 9.17) is 5.26 Å². The minimum atomic E-state index is -6.00. The van der Waals surface area contributed by atoms with Gasteiger partial charge in [0.2, 0.25) is 0 Å². The summed E-state index contributed by atoms with van der Waals surface area (Å²) in [6.07, 6.45) is 0. The molecule has 0 spiro atoms. The quantitative estimate of drug-likeness (QED) is 0.516. The Bertz CT molecular complexity index is 330. The minimum absolute atomic E-state index is 0.715. The summed E-state index contributed by atoms with van der Waals surface area (Å²) < 4.78 is 78.0. The molecule has 1 rings (SSSR count). The van der Waals surface area contributed by atoms with Gasteiger partial charge in [0, 0.05) is 0 Å². The summed E-state index contributed by atoms with van der Waals surface area (Å²) in [4.78, 5) is 0. The van der Waals surface area contributed by atoms with E-state index in [2.05, 4.69) is 0 Å². The van der Waals surface area contributed by atoms with Crippen LogP contribution in [0.2, 0.25) is 0 Å². The maximum atomic E-state index is 9.75. The topological polar surface area (TPSA) is 23.8 Å². The van der Waals surface area contributed by atoms with Gasteiger partial charge in [-0.25, -0.2) is 0 Å². The van der Waals surface area contributed by atoms with Gasteiger partial charge >= 0.3 is 14.5 Å². The summed E-state index contributed by atoms with van der Waals surface area (Å²) in [7, 11) is -12.0. The third-order valence-corrected chi connectivity index (χ3v) is 0.903. The second kappa shape index (κ2) is 8.38. The first-order valence-electron chi connectivity index (χ1n) is 4.13. The van der Waals surface area contributed by atoms with E-state index in [1.54, 1.807) is 12.1 Å². The van der Waals surface area contributed by atoms with Crippen LogP contribution in [0.5, 0.6) is 0 Å². The summed E-state index contributed by atoms with van der Waals surface area (Å²) in [6, 6.07) is 11.2. The summed E-state index contributed by atoms with van der Waals surface area (Å²) >= 11 is 0.